The smallest absolute Gasteiger partial charge is 0.230 e. The van der Waals surface area contributed by atoms with Crippen LogP contribution in [0.1, 0.15) is 24.9 Å². The van der Waals surface area contributed by atoms with Crippen molar-refractivity contribution in [1.82, 2.24) is 10.3 Å². The number of nitrogens with one attached hydrogen (secondary N) is 1. The monoisotopic (exact) mass is 316 g/mol. The molecule has 1 atom stereocenters. The third-order valence-electron chi connectivity index (χ3n) is 3.26. The molecule has 1 heterocycles. The summed E-state index contributed by atoms with van der Waals surface area (Å²) >= 11 is 1.50. The number of carbonyl (C=O) groups excluding carboxylic acids is 1. The maximum Gasteiger partial charge on any atom is 0.230 e. The van der Waals surface area contributed by atoms with Crippen LogP contribution in [0.3, 0.4) is 0 Å². The Morgan fingerprint density at radius 3 is 2.77 bits per heavy atom. The summed E-state index contributed by atoms with van der Waals surface area (Å²) in [5.41, 5.74) is 1.08. The maximum absolute atomic E-state index is 12.1. The van der Waals surface area contributed by atoms with Gasteiger partial charge in [0.25, 0.3) is 0 Å². The molecule has 0 aliphatic rings. The largest absolute Gasteiger partial charge is 0.497 e. The van der Waals surface area contributed by atoms with Crippen molar-refractivity contribution in [1.29, 1.82) is 0 Å². The Kier molecular flexibility index (Phi) is 6.27. The maximum atomic E-state index is 12.1. The molecule has 5 heteroatoms. The van der Waals surface area contributed by atoms with E-state index in [9.17, 15) is 4.79 Å². The highest BCUT2D eigenvalue weighted by Crippen LogP contribution is 2.23. The first-order valence-electron chi connectivity index (χ1n) is 7.19. The third-order valence-corrected chi connectivity index (χ3v) is 4.26. The number of nitrogens with zero attached hydrogens (tertiary/aromatic N) is 1. The highest BCUT2D eigenvalue weighted by Gasteiger charge is 2.12. The first-order valence-corrected chi connectivity index (χ1v) is 8.17. The van der Waals surface area contributed by atoms with E-state index in [0.29, 0.717) is 5.75 Å². The average Bonchev–Trinajstić information content (AvgIpc) is 2.58. The van der Waals surface area contributed by atoms with Gasteiger partial charge in [0, 0.05) is 17.3 Å². The summed E-state index contributed by atoms with van der Waals surface area (Å²) in [6, 6.07) is 11.6. The Hall–Kier alpha value is -2.01. The summed E-state index contributed by atoms with van der Waals surface area (Å²) in [6.45, 7) is 2.06. The molecule has 2 rings (SSSR count). The lowest BCUT2D eigenvalue weighted by Crippen LogP contribution is -2.29. The second kappa shape index (κ2) is 8.44. The van der Waals surface area contributed by atoms with Gasteiger partial charge in [-0.2, -0.15) is 0 Å². The quantitative estimate of drug-likeness (QED) is 0.795. The predicted octanol–water partition coefficient (Wildman–Crippen LogP) is 3.45. The summed E-state index contributed by atoms with van der Waals surface area (Å²) in [7, 11) is 1.64. The molecule has 0 aliphatic heterocycles. The van der Waals surface area contributed by atoms with Gasteiger partial charge in [0.05, 0.1) is 18.9 Å². The Bertz CT molecular complexity index is 605. The number of pyridine rings is 1. The Balaban J connectivity index is 1.89. The van der Waals surface area contributed by atoms with Gasteiger partial charge in [0.15, 0.2) is 0 Å². The van der Waals surface area contributed by atoms with Gasteiger partial charge in [-0.05, 0) is 42.3 Å². The van der Waals surface area contributed by atoms with E-state index in [-0.39, 0.29) is 11.9 Å². The number of thioether (sulfide) groups is 1. The molecular weight excluding hydrogens is 296 g/mol. The van der Waals surface area contributed by atoms with Crippen LogP contribution in [0.5, 0.6) is 5.75 Å². The summed E-state index contributed by atoms with van der Waals surface area (Å²) in [6.07, 6.45) is 4.34. The SMILES string of the molecule is CCC(NC(=O)CSc1cccc(OC)c1)c1ccncc1. The molecule has 0 saturated heterocycles. The third kappa shape index (κ3) is 4.77. The molecule has 2 aromatic rings. The number of hydrogen-bond donors (Lipinski definition) is 1. The van der Waals surface area contributed by atoms with Crippen LogP contribution < -0.4 is 10.1 Å². The first-order chi connectivity index (χ1) is 10.7. The molecule has 0 saturated carbocycles. The normalized spacial score (nSPS) is 11.7. The Labute approximate surface area is 135 Å². The minimum atomic E-state index is 0.0245. The molecule has 0 aliphatic carbocycles. The van der Waals surface area contributed by atoms with Crippen molar-refractivity contribution in [2.45, 2.75) is 24.3 Å². The van der Waals surface area contributed by atoms with Crippen LogP contribution in [0.2, 0.25) is 0 Å². The van der Waals surface area contributed by atoms with E-state index in [1.807, 2.05) is 36.4 Å². The van der Waals surface area contributed by atoms with Crippen LogP contribution in [0, 0.1) is 0 Å². The minimum Gasteiger partial charge on any atom is -0.497 e. The van der Waals surface area contributed by atoms with Crippen molar-refractivity contribution in [2.24, 2.45) is 0 Å². The van der Waals surface area contributed by atoms with E-state index in [2.05, 4.69) is 17.2 Å². The molecule has 4 nitrogen and oxygen atoms in total. The van der Waals surface area contributed by atoms with E-state index in [1.54, 1.807) is 19.5 Å². The minimum absolute atomic E-state index is 0.0245. The number of carbonyl (C=O) groups is 1. The fourth-order valence-electron chi connectivity index (χ4n) is 2.09. The molecular formula is C17H20N2O2S. The zero-order valence-electron chi connectivity index (χ0n) is 12.8. The van der Waals surface area contributed by atoms with Crippen LogP contribution in [0.25, 0.3) is 0 Å². The van der Waals surface area contributed by atoms with E-state index < -0.39 is 0 Å². The lowest BCUT2D eigenvalue weighted by Gasteiger charge is -2.17. The van der Waals surface area contributed by atoms with Crippen molar-refractivity contribution in [3.05, 3.63) is 54.4 Å². The van der Waals surface area contributed by atoms with Crippen molar-refractivity contribution in [3.8, 4) is 5.75 Å². The van der Waals surface area contributed by atoms with E-state index in [0.717, 1.165) is 22.6 Å². The second-order valence-corrected chi connectivity index (χ2v) is 5.83. The van der Waals surface area contributed by atoms with Crippen LogP contribution >= 0.6 is 11.8 Å². The Morgan fingerprint density at radius 1 is 1.32 bits per heavy atom. The van der Waals surface area contributed by atoms with E-state index in [4.69, 9.17) is 4.74 Å². The lowest BCUT2D eigenvalue weighted by molar-refractivity contribution is -0.119. The number of amides is 1. The van der Waals surface area contributed by atoms with Gasteiger partial charge in [-0.3, -0.25) is 9.78 Å². The Morgan fingerprint density at radius 2 is 2.09 bits per heavy atom. The van der Waals surface area contributed by atoms with Gasteiger partial charge >= 0.3 is 0 Å². The molecule has 1 N–H and O–H groups in total. The molecule has 1 aromatic heterocycles. The van der Waals surface area contributed by atoms with Gasteiger partial charge in [0.1, 0.15) is 5.75 Å². The second-order valence-electron chi connectivity index (χ2n) is 4.78. The van der Waals surface area contributed by atoms with Gasteiger partial charge < -0.3 is 10.1 Å². The van der Waals surface area contributed by atoms with Crippen molar-refractivity contribution in [3.63, 3.8) is 0 Å². The highest BCUT2D eigenvalue weighted by atomic mass is 32.2. The molecule has 116 valence electrons. The fourth-order valence-corrected chi connectivity index (χ4v) is 2.85. The molecule has 0 fully saturated rings. The topological polar surface area (TPSA) is 51.2 Å². The summed E-state index contributed by atoms with van der Waals surface area (Å²) in [4.78, 5) is 17.2. The van der Waals surface area contributed by atoms with E-state index in [1.165, 1.54) is 11.8 Å². The molecule has 0 radical (unpaired) electrons. The van der Waals surface area contributed by atoms with Gasteiger partial charge in [-0.15, -0.1) is 11.8 Å². The molecule has 1 unspecified atom stereocenters. The first kappa shape index (κ1) is 16.4. The van der Waals surface area contributed by atoms with Crippen LogP contribution in [0.15, 0.2) is 53.7 Å². The number of methoxy groups -OCH3 is 1. The van der Waals surface area contributed by atoms with Gasteiger partial charge in [-0.25, -0.2) is 0 Å². The number of ether oxygens (including phenoxy) is 1. The zero-order valence-corrected chi connectivity index (χ0v) is 13.6. The zero-order chi connectivity index (χ0) is 15.8. The molecule has 1 aromatic carbocycles. The van der Waals surface area contributed by atoms with Crippen molar-refractivity contribution >= 4 is 17.7 Å². The summed E-state index contributed by atoms with van der Waals surface area (Å²) in [5.74, 6) is 1.21. The predicted molar refractivity (Wildman–Crippen MR) is 89.1 cm³/mol. The average molecular weight is 316 g/mol. The van der Waals surface area contributed by atoms with Crippen molar-refractivity contribution in [2.75, 3.05) is 12.9 Å². The highest BCUT2D eigenvalue weighted by molar-refractivity contribution is 8.00. The van der Waals surface area contributed by atoms with Gasteiger partial charge in [-0.1, -0.05) is 13.0 Å². The van der Waals surface area contributed by atoms with Crippen LogP contribution in [-0.2, 0) is 4.79 Å². The fraction of sp³-hybridized carbons (Fsp3) is 0.294. The molecule has 0 spiro atoms. The summed E-state index contributed by atoms with van der Waals surface area (Å²) < 4.78 is 5.18. The number of hydrogen-bond acceptors (Lipinski definition) is 4. The summed E-state index contributed by atoms with van der Waals surface area (Å²) in [5, 5.41) is 3.06. The number of rotatable bonds is 7. The van der Waals surface area contributed by atoms with Crippen LogP contribution in [0.4, 0.5) is 0 Å². The standard InChI is InChI=1S/C17H20N2O2S/c1-3-16(13-7-9-18-10-8-13)19-17(20)12-22-15-6-4-5-14(11-15)21-2/h4-11,16H,3,12H2,1-2H3,(H,19,20). The lowest BCUT2D eigenvalue weighted by atomic mass is 10.1. The molecule has 1 amide bonds. The molecule has 22 heavy (non-hydrogen) atoms. The number of aromatic nitrogens is 1. The van der Waals surface area contributed by atoms with Crippen molar-refractivity contribution < 1.29 is 9.53 Å². The van der Waals surface area contributed by atoms with Gasteiger partial charge in [0.2, 0.25) is 5.91 Å². The number of benzene rings is 1. The van der Waals surface area contributed by atoms with Crippen LogP contribution in [-0.4, -0.2) is 23.8 Å². The van der Waals surface area contributed by atoms with E-state index >= 15 is 0 Å². The molecule has 0 bridgehead atoms.